The van der Waals surface area contributed by atoms with E-state index in [-0.39, 0.29) is 18.1 Å². The number of amidine groups is 1. The maximum atomic E-state index is 13.6. The van der Waals surface area contributed by atoms with Gasteiger partial charge in [0.15, 0.2) is 11.5 Å². The number of hydrazone groups is 1. The van der Waals surface area contributed by atoms with E-state index in [1.165, 1.54) is 0 Å². The minimum atomic E-state index is -5.01. The normalized spacial score (nSPS) is 14.7. The molecular weight excluding hydrogens is 677 g/mol. The first-order chi connectivity index (χ1) is 21.9. The van der Waals surface area contributed by atoms with E-state index in [0.717, 1.165) is 17.0 Å². The van der Waals surface area contributed by atoms with Crippen LogP contribution in [0.3, 0.4) is 0 Å². The maximum absolute atomic E-state index is 13.6. The van der Waals surface area contributed by atoms with E-state index in [2.05, 4.69) is 20.1 Å². The number of benzene rings is 3. The maximum Gasteiger partial charge on any atom is 0.301 e. The molecule has 0 atom stereocenters. The van der Waals surface area contributed by atoms with Gasteiger partial charge in [0, 0.05) is 30.9 Å². The van der Waals surface area contributed by atoms with E-state index in [0.29, 0.717) is 48.2 Å². The van der Waals surface area contributed by atoms with Crippen LogP contribution in [0.15, 0.2) is 86.6 Å². The molecule has 0 fully saturated rings. The number of nitrogens with zero attached hydrogens (tertiary/aromatic N) is 4. The fourth-order valence-corrected chi connectivity index (χ4v) is 6.06. The number of hydrogen-bond donors (Lipinski definition) is 4. The lowest BCUT2D eigenvalue weighted by Crippen LogP contribution is -2.37. The Labute approximate surface area is 271 Å². The number of para-hydroxylation sites is 1. The summed E-state index contributed by atoms with van der Waals surface area (Å²) in [6, 6.07) is 15.1. The highest BCUT2D eigenvalue weighted by Crippen LogP contribution is 2.27. The smallest absolute Gasteiger partial charge is 0.301 e. The van der Waals surface area contributed by atoms with Crippen molar-refractivity contribution in [3.05, 3.63) is 77.9 Å². The summed E-state index contributed by atoms with van der Waals surface area (Å²) in [6.45, 7) is 4.74. The van der Waals surface area contributed by atoms with Crippen molar-refractivity contribution in [1.82, 2.24) is 10.0 Å². The van der Waals surface area contributed by atoms with Crippen LogP contribution in [0.5, 0.6) is 0 Å². The summed E-state index contributed by atoms with van der Waals surface area (Å²) in [4.78, 5) is 31.3. The number of hydrogen-bond acceptors (Lipinski definition) is 11. The van der Waals surface area contributed by atoms with E-state index >= 15 is 0 Å². The topological polar surface area (TPSA) is 232 Å². The van der Waals surface area contributed by atoms with Crippen LogP contribution in [0, 0.1) is 6.92 Å². The summed E-state index contributed by atoms with van der Waals surface area (Å²) >= 11 is 0. The van der Waals surface area contributed by atoms with Crippen molar-refractivity contribution in [1.29, 1.82) is 0 Å². The third-order valence-electron chi connectivity index (χ3n) is 6.70. The third kappa shape index (κ3) is 8.84. The molecule has 19 heteroatoms. The van der Waals surface area contributed by atoms with Crippen LogP contribution in [-0.4, -0.2) is 83.6 Å². The zero-order valence-electron chi connectivity index (χ0n) is 25.1. The van der Waals surface area contributed by atoms with Gasteiger partial charge < -0.3 is 10.2 Å². The number of carbonyl (C=O) groups is 2. The summed E-state index contributed by atoms with van der Waals surface area (Å²) in [6.07, 6.45) is 1.07. The minimum Gasteiger partial charge on any atom is -0.370 e. The van der Waals surface area contributed by atoms with Gasteiger partial charge in [0.25, 0.3) is 26.1 Å². The van der Waals surface area contributed by atoms with Crippen LogP contribution < -0.4 is 19.9 Å². The van der Waals surface area contributed by atoms with Gasteiger partial charge in [-0.2, -0.15) is 21.8 Å². The molecular formula is C28H30N6O10S3. The number of anilines is 2. The number of rotatable bonds is 11. The summed E-state index contributed by atoms with van der Waals surface area (Å²) in [5.74, 6) is -2.23. The molecule has 0 aliphatic carbocycles. The molecule has 1 heterocycles. The van der Waals surface area contributed by atoms with Crippen molar-refractivity contribution < 1.29 is 43.9 Å². The lowest BCUT2D eigenvalue weighted by atomic mass is 10.1. The first-order valence-electron chi connectivity index (χ1n) is 13.7. The molecule has 1 aliphatic rings. The molecule has 47 heavy (non-hydrogen) atoms. The van der Waals surface area contributed by atoms with Crippen molar-refractivity contribution in [2.24, 2.45) is 10.1 Å². The molecule has 0 saturated carbocycles. The molecule has 4 N–H and O–H groups in total. The van der Waals surface area contributed by atoms with Crippen molar-refractivity contribution in [2.75, 3.05) is 35.8 Å². The summed E-state index contributed by atoms with van der Waals surface area (Å²) in [7, 11) is -13.4. The van der Waals surface area contributed by atoms with Gasteiger partial charge >= 0.3 is 5.91 Å². The largest absolute Gasteiger partial charge is 0.370 e. The SMILES string of the molecule is CCN(CCNS(C)(=O)=O)c1ccc(/N=C2\C(=O)N(c3ccccc3)N=C2NC(=O)c2cc(S(=O)(=O)O)cc(S(=O)(=O)O)c2)c(C)c1. The summed E-state index contributed by atoms with van der Waals surface area (Å²) < 4.78 is 91.3. The molecule has 2 amide bonds. The van der Waals surface area contributed by atoms with E-state index in [1.807, 2.05) is 11.8 Å². The second kappa shape index (κ2) is 13.7. The fourth-order valence-electron chi connectivity index (χ4n) is 4.42. The van der Waals surface area contributed by atoms with Crippen LogP contribution >= 0.6 is 0 Å². The number of likely N-dealkylation sites (N-methyl/N-ethyl adjacent to an activating group) is 1. The molecule has 16 nitrogen and oxygen atoms in total. The van der Waals surface area contributed by atoms with Crippen LogP contribution in [0.2, 0.25) is 0 Å². The van der Waals surface area contributed by atoms with E-state index in [9.17, 15) is 43.9 Å². The Morgan fingerprint density at radius 2 is 1.55 bits per heavy atom. The second-order valence-corrected chi connectivity index (χ2v) is 14.9. The molecule has 3 aromatic carbocycles. The third-order valence-corrected chi connectivity index (χ3v) is 9.09. The fraction of sp³-hybridized carbons (Fsp3) is 0.214. The minimum absolute atomic E-state index is 0.179. The number of nitrogens with one attached hydrogen (secondary N) is 2. The van der Waals surface area contributed by atoms with Crippen molar-refractivity contribution >= 4 is 70.7 Å². The molecule has 0 unspecified atom stereocenters. The molecule has 0 bridgehead atoms. The first-order valence-corrected chi connectivity index (χ1v) is 18.4. The monoisotopic (exact) mass is 706 g/mol. The van der Waals surface area contributed by atoms with Gasteiger partial charge in [-0.05, 0) is 67.9 Å². The Balaban J connectivity index is 1.72. The van der Waals surface area contributed by atoms with Gasteiger partial charge in [-0.3, -0.25) is 18.7 Å². The lowest BCUT2D eigenvalue weighted by molar-refractivity contribution is -0.112. The predicted molar refractivity (Wildman–Crippen MR) is 174 cm³/mol. The van der Waals surface area contributed by atoms with Gasteiger partial charge in [-0.25, -0.2) is 18.1 Å². The standard InChI is InChI=1S/C28H30N6O10S3/c1-4-33(13-12-29-45(3,37)38)21-10-11-24(18(2)14-21)30-25-26(32-34(28(25)36)20-8-6-5-7-9-20)31-27(35)19-15-22(46(39,40)41)17-23(16-19)47(42,43)44/h5-11,14-17,29H,4,12-13H2,1-3H3,(H,31,32,35)(H,39,40,41)(H,42,43,44)/b30-25-. The van der Waals surface area contributed by atoms with Gasteiger partial charge in [0.05, 0.1) is 27.4 Å². The van der Waals surface area contributed by atoms with Crippen LogP contribution in [0.4, 0.5) is 17.1 Å². The number of aryl methyl sites for hydroxylation is 1. The van der Waals surface area contributed by atoms with Gasteiger partial charge in [-0.15, -0.1) is 5.10 Å². The van der Waals surface area contributed by atoms with Crippen LogP contribution in [0.1, 0.15) is 22.8 Å². The van der Waals surface area contributed by atoms with Crippen LogP contribution in [-0.2, 0) is 35.1 Å². The molecule has 0 saturated heterocycles. The van der Waals surface area contributed by atoms with E-state index < -0.39 is 57.4 Å². The highest BCUT2D eigenvalue weighted by atomic mass is 32.2. The number of amides is 2. The van der Waals surface area contributed by atoms with Crippen molar-refractivity contribution in [3.8, 4) is 0 Å². The van der Waals surface area contributed by atoms with Gasteiger partial charge in [0.1, 0.15) is 0 Å². The Morgan fingerprint density at radius 3 is 2.09 bits per heavy atom. The van der Waals surface area contributed by atoms with Crippen molar-refractivity contribution in [2.45, 2.75) is 23.6 Å². The van der Waals surface area contributed by atoms with Gasteiger partial charge in [-0.1, -0.05) is 18.2 Å². The zero-order chi connectivity index (χ0) is 34.7. The number of carbonyl (C=O) groups excluding carboxylic acids is 2. The van der Waals surface area contributed by atoms with E-state index in [1.54, 1.807) is 55.5 Å². The number of aliphatic imine (C=N–C) groups is 1. The van der Waals surface area contributed by atoms with Crippen LogP contribution in [0.25, 0.3) is 0 Å². The van der Waals surface area contributed by atoms with Crippen molar-refractivity contribution in [3.63, 3.8) is 0 Å². The highest BCUT2D eigenvalue weighted by molar-refractivity contribution is 7.88. The average Bonchev–Trinajstić information content (AvgIpc) is 3.29. The van der Waals surface area contributed by atoms with Gasteiger partial charge in [0.2, 0.25) is 10.0 Å². The molecule has 0 radical (unpaired) electrons. The summed E-state index contributed by atoms with van der Waals surface area (Å²) in [5.41, 5.74) is 1.09. The second-order valence-electron chi connectivity index (χ2n) is 10.2. The Morgan fingerprint density at radius 1 is 0.936 bits per heavy atom. The Kier molecular flexibility index (Phi) is 10.3. The molecule has 0 aromatic heterocycles. The molecule has 250 valence electrons. The highest BCUT2D eigenvalue weighted by Gasteiger charge is 2.35. The molecule has 4 rings (SSSR count). The zero-order valence-corrected chi connectivity index (χ0v) is 27.6. The molecule has 1 aliphatic heterocycles. The Bertz CT molecular complexity index is 2070. The number of sulfonamides is 1. The Hall–Kier alpha value is -4.53. The lowest BCUT2D eigenvalue weighted by Gasteiger charge is -2.24. The first kappa shape index (κ1) is 35.3. The predicted octanol–water partition coefficient (Wildman–Crippen LogP) is 1.73. The quantitative estimate of drug-likeness (QED) is 0.210. The van der Waals surface area contributed by atoms with E-state index in [4.69, 9.17) is 0 Å². The molecule has 3 aromatic rings. The molecule has 0 spiro atoms. The average molecular weight is 707 g/mol. The summed E-state index contributed by atoms with van der Waals surface area (Å²) in [5, 5.41) is 7.53.